The highest BCUT2D eigenvalue weighted by Gasteiger charge is 2.30. The van der Waals surface area contributed by atoms with Crippen molar-refractivity contribution >= 4 is 39.5 Å². The Kier molecular flexibility index (Phi) is 67.5. The predicted octanol–water partition coefficient (Wildman–Crippen LogP) is 22.7. The number of esters is 4. The van der Waals surface area contributed by atoms with Crippen molar-refractivity contribution in [2.45, 2.75) is 400 Å². The van der Waals surface area contributed by atoms with E-state index in [0.717, 1.165) is 121 Å². The molecule has 0 rings (SSSR count). The number of rotatable bonds is 75. The summed E-state index contributed by atoms with van der Waals surface area (Å²) >= 11 is 0. The second-order valence-corrected chi connectivity index (χ2v) is 31.3. The molecule has 0 aliphatic carbocycles. The third-order valence-corrected chi connectivity index (χ3v) is 19.5. The quantitative estimate of drug-likeness (QED) is 0.0169. The highest BCUT2D eigenvalue weighted by Crippen LogP contribution is 2.45. The van der Waals surface area contributed by atoms with Gasteiger partial charge in [-0.3, -0.25) is 37.3 Å². The van der Waals surface area contributed by atoms with Crippen LogP contribution in [0.15, 0.2) is 24.3 Å². The Morgan fingerprint density at radius 1 is 0.320 bits per heavy atom. The van der Waals surface area contributed by atoms with Gasteiger partial charge >= 0.3 is 39.5 Å². The number of hydrogen-bond acceptors (Lipinski definition) is 15. The first kappa shape index (κ1) is 94.5. The lowest BCUT2D eigenvalue weighted by molar-refractivity contribution is -0.161. The zero-order valence-corrected chi connectivity index (χ0v) is 64.7. The summed E-state index contributed by atoms with van der Waals surface area (Å²) in [5.41, 5.74) is 0. The van der Waals surface area contributed by atoms with Crippen LogP contribution in [0.3, 0.4) is 0 Å². The third kappa shape index (κ3) is 71.7. The molecule has 0 saturated carbocycles. The van der Waals surface area contributed by atoms with Crippen molar-refractivity contribution in [2.75, 3.05) is 39.6 Å². The van der Waals surface area contributed by atoms with E-state index in [0.29, 0.717) is 25.7 Å². The highest BCUT2D eigenvalue weighted by molar-refractivity contribution is 7.47. The van der Waals surface area contributed by atoms with Crippen molar-refractivity contribution in [1.82, 2.24) is 0 Å². The van der Waals surface area contributed by atoms with Crippen LogP contribution in [0.25, 0.3) is 0 Å². The molecule has 0 aromatic heterocycles. The molecule has 0 bridgehead atoms. The summed E-state index contributed by atoms with van der Waals surface area (Å²) in [6, 6.07) is 0. The third-order valence-electron chi connectivity index (χ3n) is 17.6. The van der Waals surface area contributed by atoms with E-state index >= 15 is 0 Å². The standard InChI is InChI=1S/C78H148O17P2/c1-7-9-11-13-15-17-19-21-23-24-26-28-32-36-44-50-56-62-77(82)94-73(66-88-75(80)60-54-48-42-35-31-27-25-22-20-18-16-14-12-10-8-2)68-92-96(84,85)90-64-72(79)65-91-97(86,87)93-69-74(67-89-76(81)61-55-49-43-39-38-41-47-53-59-71(5)6)95-78(83)63-57-51-45-37-33-29-30-34-40-46-52-58-70(3)4/h18,20,22,25,70-74,79H,7-17,19,21,23-24,26-69H2,1-6H3,(H,84,85)(H,86,87)/b20-18-,25-22-/t72-,73-,74-/m1/s1. The van der Waals surface area contributed by atoms with Gasteiger partial charge in [-0.05, 0) is 63.2 Å². The maximum Gasteiger partial charge on any atom is 0.472 e. The molecule has 0 aliphatic rings. The molecular weight excluding hydrogens is 1270 g/mol. The minimum atomic E-state index is -4.97. The molecule has 17 nitrogen and oxygen atoms in total. The van der Waals surface area contributed by atoms with Crippen molar-refractivity contribution < 1.29 is 80.2 Å². The van der Waals surface area contributed by atoms with Crippen LogP contribution in [0.1, 0.15) is 382 Å². The SMILES string of the molecule is CCCCCC/C=C\C=C/CCCCCCCC(=O)OC[C@H](COP(=O)(O)OC[C@@H](O)COP(=O)(O)OC[C@@H](COC(=O)CCCCCCCCCCC(C)C)OC(=O)CCCCCCCCCCCCCC(C)C)OC(=O)CCCCCCCCCCCCCCCCCCC. The Bertz CT molecular complexity index is 1970. The van der Waals surface area contributed by atoms with E-state index in [-0.39, 0.29) is 25.7 Å². The van der Waals surface area contributed by atoms with E-state index in [2.05, 4.69) is 65.8 Å². The molecule has 0 spiro atoms. The molecule has 0 aromatic carbocycles. The summed E-state index contributed by atoms with van der Waals surface area (Å²) in [6.07, 6.45) is 60.4. The second kappa shape index (κ2) is 69.3. The van der Waals surface area contributed by atoms with Gasteiger partial charge in [-0.1, -0.05) is 329 Å². The molecule has 5 atom stereocenters. The van der Waals surface area contributed by atoms with Crippen molar-refractivity contribution in [3.63, 3.8) is 0 Å². The Morgan fingerprint density at radius 3 is 0.845 bits per heavy atom. The molecule has 0 amide bonds. The summed E-state index contributed by atoms with van der Waals surface area (Å²) in [4.78, 5) is 72.9. The predicted molar refractivity (Wildman–Crippen MR) is 395 cm³/mol. The number of carbonyl (C=O) groups excluding carboxylic acids is 4. The van der Waals surface area contributed by atoms with Gasteiger partial charge in [-0.2, -0.15) is 0 Å². The van der Waals surface area contributed by atoms with Gasteiger partial charge in [0, 0.05) is 25.7 Å². The zero-order chi connectivity index (χ0) is 71.4. The van der Waals surface area contributed by atoms with E-state index in [4.69, 9.17) is 37.0 Å². The molecule has 2 unspecified atom stereocenters. The van der Waals surface area contributed by atoms with Gasteiger partial charge in [-0.15, -0.1) is 0 Å². The van der Waals surface area contributed by atoms with E-state index < -0.39 is 97.5 Å². The van der Waals surface area contributed by atoms with Crippen LogP contribution in [0, 0.1) is 11.8 Å². The fraction of sp³-hybridized carbons (Fsp3) is 0.897. The molecule has 0 saturated heterocycles. The number of carbonyl (C=O) groups is 4. The molecule has 572 valence electrons. The first-order valence-corrected chi connectivity index (χ1v) is 42.8. The summed E-state index contributed by atoms with van der Waals surface area (Å²) in [5.74, 6) is -0.655. The summed E-state index contributed by atoms with van der Waals surface area (Å²) < 4.78 is 68.6. The van der Waals surface area contributed by atoms with Gasteiger partial charge in [0.25, 0.3) is 0 Å². The van der Waals surface area contributed by atoms with E-state index in [1.807, 2.05) is 0 Å². The van der Waals surface area contributed by atoms with Gasteiger partial charge < -0.3 is 33.8 Å². The lowest BCUT2D eigenvalue weighted by Crippen LogP contribution is -2.30. The lowest BCUT2D eigenvalue weighted by Gasteiger charge is -2.21. The van der Waals surface area contributed by atoms with E-state index in [9.17, 15) is 43.2 Å². The Hall–Kier alpha value is -2.46. The largest absolute Gasteiger partial charge is 0.472 e. The number of aliphatic hydroxyl groups excluding tert-OH is 1. The molecule has 3 N–H and O–H groups in total. The average molecular weight is 1420 g/mol. The monoisotopic (exact) mass is 1420 g/mol. The fourth-order valence-electron chi connectivity index (χ4n) is 11.5. The Morgan fingerprint density at radius 2 is 0.557 bits per heavy atom. The number of unbranched alkanes of at least 4 members (excludes halogenated alkanes) is 42. The molecular formula is C78H148O17P2. The molecule has 97 heavy (non-hydrogen) atoms. The van der Waals surface area contributed by atoms with Gasteiger partial charge in [0.1, 0.15) is 19.3 Å². The second-order valence-electron chi connectivity index (χ2n) is 28.4. The van der Waals surface area contributed by atoms with Crippen LogP contribution in [0.5, 0.6) is 0 Å². The summed E-state index contributed by atoms with van der Waals surface area (Å²) in [6.45, 7) is 9.51. The van der Waals surface area contributed by atoms with Gasteiger partial charge in [0.15, 0.2) is 12.2 Å². The number of phosphoric acid groups is 2. The number of hydrogen-bond donors (Lipinski definition) is 3. The normalized spacial score (nSPS) is 14.1. The summed E-state index contributed by atoms with van der Waals surface area (Å²) in [5, 5.41) is 10.6. The maximum atomic E-state index is 13.1. The van der Waals surface area contributed by atoms with Crippen LogP contribution >= 0.6 is 15.6 Å². The van der Waals surface area contributed by atoms with Crippen LogP contribution in [0.2, 0.25) is 0 Å². The maximum absolute atomic E-state index is 13.1. The minimum absolute atomic E-state index is 0.101. The lowest BCUT2D eigenvalue weighted by atomic mass is 10.0. The smallest absolute Gasteiger partial charge is 0.462 e. The van der Waals surface area contributed by atoms with Gasteiger partial charge in [-0.25, -0.2) is 9.13 Å². The molecule has 0 heterocycles. The topological polar surface area (TPSA) is 237 Å². The number of aliphatic hydroxyl groups is 1. The molecule has 0 fully saturated rings. The Balaban J connectivity index is 5.29. The molecule has 0 radical (unpaired) electrons. The van der Waals surface area contributed by atoms with Crippen molar-refractivity contribution in [1.29, 1.82) is 0 Å². The van der Waals surface area contributed by atoms with Crippen molar-refractivity contribution in [2.24, 2.45) is 11.8 Å². The van der Waals surface area contributed by atoms with Crippen LogP contribution < -0.4 is 0 Å². The van der Waals surface area contributed by atoms with E-state index in [1.165, 1.54) is 180 Å². The van der Waals surface area contributed by atoms with Crippen LogP contribution in [0.4, 0.5) is 0 Å². The van der Waals surface area contributed by atoms with Crippen LogP contribution in [-0.4, -0.2) is 96.7 Å². The number of ether oxygens (including phenoxy) is 4. The number of phosphoric ester groups is 2. The zero-order valence-electron chi connectivity index (χ0n) is 62.9. The molecule has 19 heteroatoms. The van der Waals surface area contributed by atoms with Crippen molar-refractivity contribution in [3.8, 4) is 0 Å². The highest BCUT2D eigenvalue weighted by atomic mass is 31.2. The molecule has 0 aliphatic heterocycles. The van der Waals surface area contributed by atoms with E-state index in [1.54, 1.807) is 0 Å². The average Bonchev–Trinajstić information content (AvgIpc) is 1.27. The first-order valence-electron chi connectivity index (χ1n) is 39.8. The number of allylic oxidation sites excluding steroid dienone is 4. The first-order chi connectivity index (χ1) is 46.9. The summed E-state index contributed by atoms with van der Waals surface area (Å²) in [7, 11) is -9.93. The minimum Gasteiger partial charge on any atom is -0.462 e. The van der Waals surface area contributed by atoms with Gasteiger partial charge in [0.05, 0.1) is 26.4 Å². The van der Waals surface area contributed by atoms with Crippen LogP contribution in [-0.2, 0) is 65.4 Å². The Labute approximate surface area is 592 Å². The van der Waals surface area contributed by atoms with Crippen molar-refractivity contribution in [3.05, 3.63) is 24.3 Å². The fourth-order valence-corrected chi connectivity index (χ4v) is 13.0. The van der Waals surface area contributed by atoms with Gasteiger partial charge in [0.2, 0.25) is 0 Å². The molecule has 0 aromatic rings.